The number of halogens is 8. The van der Waals surface area contributed by atoms with E-state index in [0.29, 0.717) is 11.1 Å². The number of ether oxygens (including phenoxy) is 2. The van der Waals surface area contributed by atoms with E-state index < -0.39 is 69.2 Å². The number of hydrogen-bond donors (Lipinski definition) is 0. The molecule has 0 radical (unpaired) electrons. The van der Waals surface area contributed by atoms with Crippen LogP contribution in [0.3, 0.4) is 0 Å². The maximum Gasteiger partial charge on any atom is 0.205 e. The van der Waals surface area contributed by atoms with Crippen LogP contribution in [0.25, 0.3) is 11.1 Å². The Kier molecular flexibility index (Phi) is 7.10. The van der Waals surface area contributed by atoms with Crippen molar-refractivity contribution in [2.75, 3.05) is 0 Å². The standard InChI is InChI=1S/C28H18F8O2/c1-11-5-7-15(9-13(11)3)37-27-23(33)19(29)17(20(30)24(27)34)18-21(31)25(35)28(26(36)22(18)32)38-16-8-6-12(2)14(4)10-16/h5-10H,1-4H3. The third kappa shape index (κ3) is 4.55. The highest BCUT2D eigenvalue weighted by Crippen LogP contribution is 2.43. The van der Waals surface area contributed by atoms with Crippen LogP contribution in [0.1, 0.15) is 22.3 Å². The van der Waals surface area contributed by atoms with E-state index in [9.17, 15) is 35.1 Å². The SMILES string of the molecule is Cc1ccc(Oc2c(F)c(F)c(-c3c(F)c(F)c(Oc4ccc(C)c(C)c4)c(F)c3F)c(F)c2F)cc1C. The molecule has 4 rings (SSSR count). The third-order valence-electron chi connectivity index (χ3n) is 6.09. The molecule has 0 atom stereocenters. The lowest BCUT2D eigenvalue weighted by atomic mass is 10.0. The predicted molar refractivity (Wildman–Crippen MR) is 124 cm³/mol. The highest BCUT2D eigenvalue weighted by molar-refractivity contribution is 5.69. The molecular formula is C28H18F8O2. The monoisotopic (exact) mass is 538 g/mol. The van der Waals surface area contributed by atoms with E-state index >= 15 is 0 Å². The maximum atomic E-state index is 14.9. The van der Waals surface area contributed by atoms with Crippen LogP contribution in [0.4, 0.5) is 35.1 Å². The second-order valence-electron chi connectivity index (χ2n) is 8.62. The summed E-state index contributed by atoms with van der Waals surface area (Å²) in [6, 6.07) is 8.22. The molecule has 0 aromatic heterocycles. The van der Waals surface area contributed by atoms with Crippen molar-refractivity contribution in [3.05, 3.63) is 105 Å². The zero-order valence-electron chi connectivity index (χ0n) is 20.3. The van der Waals surface area contributed by atoms with Gasteiger partial charge in [0.05, 0.1) is 11.1 Å². The fourth-order valence-corrected chi connectivity index (χ4v) is 3.63. The van der Waals surface area contributed by atoms with Crippen molar-refractivity contribution in [1.82, 2.24) is 0 Å². The quantitative estimate of drug-likeness (QED) is 0.186. The Morgan fingerprint density at radius 3 is 0.947 bits per heavy atom. The average molecular weight is 538 g/mol. The first kappa shape index (κ1) is 27.0. The van der Waals surface area contributed by atoms with E-state index in [1.54, 1.807) is 27.7 Å². The molecule has 0 saturated heterocycles. The first-order valence-corrected chi connectivity index (χ1v) is 11.1. The first-order chi connectivity index (χ1) is 17.8. The summed E-state index contributed by atoms with van der Waals surface area (Å²) in [4.78, 5) is 0. The molecule has 0 amide bonds. The van der Waals surface area contributed by atoms with Crippen LogP contribution in [-0.2, 0) is 0 Å². The molecule has 0 fully saturated rings. The summed E-state index contributed by atoms with van der Waals surface area (Å²) in [6.45, 7) is 6.74. The van der Waals surface area contributed by atoms with E-state index in [1.807, 2.05) is 0 Å². The summed E-state index contributed by atoms with van der Waals surface area (Å²) in [6.07, 6.45) is 0. The molecule has 0 spiro atoms. The second kappa shape index (κ2) is 10.00. The molecule has 0 N–H and O–H groups in total. The largest absolute Gasteiger partial charge is 0.451 e. The van der Waals surface area contributed by atoms with Gasteiger partial charge in [-0.05, 0) is 74.2 Å². The van der Waals surface area contributed by atoms with Gasteiger partial charge in [-0.2, -0.15) is 17.6 Å². The van der Waals surface area contributed by atoms with Crippen LogP contribution in [0.2, 0.25) is 0 Å². The summed E-state index contributed by atoms with van der Waals surface area (Å²) < 4.78 is 129. The molecule has 0 saturated carbocycles. The Labute approximate surface area is 212 Å². The Balaban J connectivity index is 1.85. The van der Waals surface area contributed by atoms with Crippen molar-refractivity contribution in [3.8, 4) is 34.1 Å². The van der Waals surface area contributed by atoms with Gasteiger partial charge in [-0.3, -0.25) is 0 Å². The summed E-state index contributed by atoms with van der Waals surface area (Å²) in [5.74, 6) is -21.5. The van der Waals surface area contributed by atoms with Crippen LogP contribution in [0.5, 0.6) is 23.0 Å². The van der Waals surface area contributed by atoms with Crippen LogP contribution < -0.4 is 9.47 Å². The summed E-state index contributed by atoms with van der Waals surface area (Å²) in [5, 5.41) is 0. The van der Waals surface area contributed by atoms with E-state index in [4.69, 9.17) is 9.47 Å². The van der Waals surface area contributed by atoms with Crippen molar-refractivity contribution in [1.29, 1.82) is 0 Å². The first-order valence-electron chi connectivity index (χ1n) is 11.1. The zero-order chi connectivity index (χ0) is 28.0. The number of aryl methyl sites for hydroxylation is 4. The van der Waals surface area contributed by atoms with Crippen molar-refractivity contribution in [2.45, 2.75) is 27.7 Å². The third-order valence-corrected chi connectivity index (χ3v) is 6.09. The van der Waals surface area contributed by atoms with E-state index in [0.717, 1.165) is 11.1 Å². The summed E-state index contributed by atoms with van der Waals surface area (Å²) in [7, 11) is 0. The lowest BCUT2D eigenvalue weighted by Crippen LogP contribution is -2.09. The summed E-state index contributed by atoms with van der Waals surface area (Å²) >= 11 is 0. The van der Waals surface area contributed by atoms with Gasteiger partial charge in [0.2, 0.25) is 34.8 Å². The Morgan fingerprint density at radius 1 is 0.395 bits per heavy atom. The van der Waals surface area contributed by atoms with Gasteiger partial charge in [0, 0.05) is 0 Å². The zero-order valence-corrected chi connectivity index (χ0v) is 20.3. The molecule has 0 aliphatic rings. The molecular weight excluding hydrogens is 520 g/mol. The van der Waals surface area contributed by atoms with Gasteiger partial charge in [0.1, 0.15) is 11.5 Å². The molecule has 10 heteroatoms. The fourth-order valence-electron chi connectivity index (χ4n) is 3.63. The number of hydrogen-bond acceptors (Lipinski definition) is 2. The normalized spacial score (nSPS) is 11.2. The van der Waals surface area contributed by atoms with Crippen molar-refractivity contribution >= 4 is 0 Å². The Morgan fingerprint density at radius 2 is 0.684 bits per heavy atom. The van der Waals surface area contributed by atoms with Gasteiger partial charge >= 0.3 is 0 Å². The van der Waals surface area contributed by atoms with Crippen LogP contribution in [0, 0.1) is 74.2 Å². The molecule has 4 aromatic rings. The van der Waals surface area contributed by atoms with Crippen LogP contribution >= 0.6 is 0 Å². The lowest BCUT2D eigenvalue weighted by Gasteiger charge is -2.16. The van der Waals surface area contributed by atoms with Gasteiger partial charge < -0.3 is 9.47 Å². The molecule has 0 bridgehead atoms. The molecule has 2 nitrogen and oxygen atoms in total. The van der Waals surface area contributed by atoms with Crippen molar-refractivity contribution in [3.63, 3.8) is 0 Å². The molecule has 38 heavy (non-hydrogen) atoms. The number of benzene rings is 4. The Bertz CT molecular complexity index is 1420. The van der Waals surface area contributed by atoms with Gasteiger partial charge in [-0.1, -0.05) is 12.1 Å². The van der Waals surface area contributed by atoms with Gasteiger partial charge in [0.25, 0.3) is 0 Å². The molecule has 198 valence electrons. The Hall–Kier alpha value is -4.08. The maximum absolute atomic E-state index is 14.9. The predicted octanol–water partition coefficient (Wildman–Crippen LogP) is 9.28. The smallest absolute Gasteiger partial charge is 0.205 e. The van der Waals surface area contributed by atoms with Gasteiger partial charge in [0.15, 0.2) is 23.3 Å². The molecule has 4 aromatic carbocycles. The highest BCUT2D eigenvalue weighted by atomic mass is 19.2. The molecule has 0 aliphatic heterocycles. The minimum absolute atomic E-state index is 0.195. The average Bonchev–Trinajstić information content (AvgIpc) is 2.88. The molecule has 0 unspecified atom stereocenters. The molecule has 0 aliphatic carbocycles. The lowest BCUT2D eigenvalue weighted by molar-refractivity contribution is 0.360. The number of rotatable bonds is 5. The molecule has 0 heterocycles. The highest BCUT2D eigenvalue weighted by Gasteiger charge is 2.35. The minimum atomic E-state index is -2.33. The second-order valence-corrected chi connectivity index (χ2v) is 8.62. The van der Waals surface area contributed by atoms with E-state index in [-0.39, 0.29) is 11.5 Å². The van der Waals surface area contributed by atoms with E-state index in [2.05, 4.69) is 0 Å². The van der Waals surface area contributed by atoms with Crippen LogP contribution in [0.15, 0.2) is 36.4 Å². The fraction of sp³-hybridized carbons (Fsp3) is 0.143. The van der Waals surface area contributed by atoms with Gasteiger partial charge in [-0.15, -0.1) is 0 Å². The van der Waals surface area contributed by atoms with E-state index in [1.165, 1.54) is 36.4 Å². The van der Waals surface area contributed by atoms with Crippen molar-refractivity contribution < 1.29 is 44.6 Å². The summed E-state index contributed by atoms with van der Waals surface area (Å²) in [5.41, 5.74) is -1.19. The van der Waals surface area contributed by atoms with Crippen molar-refractivity contribution in [2.24, 2.45) is 0 Å². The van der Waals surface area contributed by atoms with Crippen LogP contribution in [-0.4, -0.2) is 0 Å². The topological polar surface area (TPSA) is 18.5 Å². The van der Waals surface area contributed by atoms with Gasteiger partial charge in [-0.25, -0.2) is 17.6 Å². The minimum Gasteiger partial charge on any atom is -0.451 e.